The summed E-state index contributed by atoms with van der Waals surface area (Å²) in [6, 6.07) is 19.5. The Morgan fingerprint density at radius 1 is 1.03 bits per heavy atom. The van der Waals surface area contributed by atoms with Crippen LogP contribution in [-0.4, -0.2) is 31.6 Å². The summed E-state index contributed by atoms with van der Waals surface area (Å²) in [5.74, 6) is 0.760. The third-order valence-electron chi connectivity index (χ3n) is 5.98. The normalized spacial score (nSPS) is 18.8. The second-order valence-corrected chi connectivity index (χ2v) is 8.03. The molecule has 1 fully saturated rings. The Bertz CT molecular complexity index is 1150. The highest BCUT2D eigenvalue weighted by Crippen LogP contribution is 2.36. The van der Waals surface area contributed by atoms with Crippen molar-refractivity contribution in [2.24, 2.45) is 5.92 Å². The number of hydrogen-bond acceptors (Lipinski definition) is 4. The van der Waals surface area contributed by atoms with E-state index in [0.717, 1.165) is 22.0 Å². The first kappa shape index (κ1) is 19.4. The molecule has 1 saturated heterocycles. The Kier molecular flexibility index (Phi) is 4.98. The van der Waals surface area contributed by atoms with E-state index in [1.807, 2.05) is 49.4 Å². The lowest BCUT2D eigenvalue weighted by Gasteiger charge is -2.22. The standard InChI is InChI=1S/C25H24N2O4/c1-16(20-8-4-6-17-5-2-3-7-21(17)20)26-25(29)18-13-24(28)27(15-18)19-9-10-22-23(14-19)31-12-11-30-22/h2-10,14,16,18H,11-13,15H2,1H3,(H,26,29). The fourth-order valence-electron chi connectivity index (χ4n) is 4.37. The van der Waals surface area contributed by atoms with Gasteiger partial charge in [0.2, 0.25) is 11.8 Å². The first-order chi connectivity index (χ1) is 15.1. The Morgan fingerprint density at radius 3 is 2.68 bits per heavy atom. The number of carbonyl (C=O) groups excluding carboxylic acids is 2. The molecule has 31 heavy (non-hydrogen) atoms. The van der Waals surface area contributed by atoms with Crippen LogP contribution in [0.25, 0.3) is 10.8 Å². The highest BCUT2D eigenvalue weighted by Gasteiger charge is 2.36. The van der Waals surface area contributed by atoms with Crippen LogP contribution in [0.4, 0.5) is 5.69 Å². The molecule has 0 spiro atoms. The van der Waals surface area contributed by atoms with E-state index >= 15 is 0 Å². The van der Waals surface area contributed by atoms with Crippen molar-refractivity contribution >= 4 is 28.3 Å². The number of ether oxygens (including phenoxy) is 2. The molecule has 2 aliphatic heterocycles. The van der Waals surface area contributed by atoms with Crippen molar-refractivity contribution in [1.29, 1.82) is 0 Å². The van der Waals surface area contributed by atoms with Gasteiger partial charge in [-0.15, -0.1) is 0 Å². The van der Waals surface area contributed by atoms with E-state index in [2.05, 4.69) is 23.5 Å². The number of nitrogens with one attached hydrogen (secondary N) is 1. The van der Waals surface area contributed by atoms with Gasteiger partial charge in [0.05, 0.1) is 12.0 Å². The van der Waals surface area contributed by atoms with E-state index < -0.39 is 5.92 Å². The molecule has 2 unspecified atom stereocenters. The molecule has 6 nitrogen and oxygen atoms in total. The quantitative estimate of drug-likeness (QED) is 0.702. The minimum atomic E-state index is -0.391. The van der Waals surface area contributed by atoms with Crippen molar-refractivity contribution in [2.45, 2.75) is 19.4 Å². The van der Waals surface area contributed by atoms with Crippen molar-refractivity contribution in [3.05, 3.63) is 66.2 Å². The van der Waals surface area contributed by atoms with Crippen LogP contribution >= 0.6 is 0 Å². The van der Waals surface area contributed by atoms with Crippen molar-refractivity contribution < 1.29 is 19.1 Å². The summed E-state index contributed by atoms with van der Waals surface area (Å²) in [7, 11) is 0. The van der Waals surface area contributed by atoms with Gasteiger partial charge >= 0.3 is 0 Å². The van der Waals surface area contributed by atoms with Crippen molar-refractivity contribution in [3.63, 3.8) is 0 Å². The molecule has 2 aliphatic rings. The maximum atomic E-state index is 13.0. The zero-order valence-corrected chi connectivity index (χ0v) is 17.3. The van der Waals surface area contributed by atoms with Crippen LogP contribution in [0, 0.1) is 5.92 Å². The molecule has 6 heteroatoms. The van der Waals surface area contributed by atoms with E-state index in [-0.39, 0.29) is 24.3 Å². The first-order valence-electron chi connectivity index (χ1n) is 10.6. The molecular weight excluding hydrogens is 392 g/mol. The van der Waals surface area contributed by atoms with Crippen molar-refractivity contribution in [3.8, 4) is 11.5 Å². The van der Waals surface area contributed by atoms with Crippen LogP contribution < -0.4 is 19.7 Å². The molecule has 0 aromatic heterocycles. The lowest BCUT2D eigenvalue weighted by atomic mass is 9.99. The number of nitrogens with zero attached hydrogens (tertiary/aromatic N) is 1. The zero-order valence-electron chi connectivity index (χ0n) is 17.3. The van der Waals surface area contributed by atoms with Crippen LogP contribution in [0.2, 0.25) is 0 Å². The van der Waals surface area contributed by atoms with Crippen molar-refractivity contribution in [1.82, 2.24) is 5.32 Å². The summed E-state index contributed by atoms with van der Waals surface area (Å²) in [5.41, 5.74) is 1.80. The molecule has 2 amide bonds. The molecule has 2 heterocycles. The van der Waals surface area contributed by atoms with Gasteiger partial charge < -0.3 is 19.7 Å². The number of carbonyl (C=O) groups is 2. The molecular formula is C25H24N2O4. The van der Waals surface area contributed by atoms with Gasteiger partial charge in [-0.05, 0) is 35.4 Å². The average molecular weight is 416 g/mol. The fourth-order valence-corrected chi connectivity index (χ4v) is 4.37. The van der Waals surface area contributed by atoms with Gasteiger partial charge in [-0.3, -0.25) is 9.59 Å². The number of fused-ring (bicyclic) bond motifs is 2. The van der Waals surface area contributed by atoms with E-state index in [0.29, 0.717) is 31.3 Å². The minimum Gasteiger partial charge on any atom is -0.486 e. The highest BCUT2D eigenvalue weighted by molar-refractivity contribution is 6.00. The Labute approximate surface area is 180 Å². The molecule has 0 aliphatic carbocycles. The van der Waals surface area contributed by atoms with Gasteiger partial charge in [0.15, 0.2) is 11.5 Å². The van der Waals surface area contributed by atoms with E-state index in [4.69, 9.17) is 9.47 Å². The molecule has 3 aromatic carbocycles. The lowest BCUT2D eigenvalue weighted by molar-refractivity contribution is -0.126. The van der Waals surface area contributed by atoms with Gasteiger partial charge in [0.1, 0.15) is 13.2 Å². The fraction of sp³-hybridized carbons (Fsp3) is 0.280. The monoisotopic (exact) mass is 416 g/mol. The predicted molar refractivity (Wildman–Crippen MR) is 118 cm³/mol. The second kappa shape index (κ2) is 7.95. The van der Waals surface area contributed by atoms with Crippen LogP contribution in [0.1, 0.15) is 24.9 Å². The highest BCUT2D eigenvalue weighted by atomic mass is 16.6. The maximum absolute atomic E-state index is 13.0. The molecule has 0 radical (unpaired) electrons. The summed E-state index contributed by atoms with van der Waals surface area (Å²) in [6.45, 7) is 3.34. The largest absolute Gasteiger partial charge is 0.486 e. The second-order valence-electron chi connectivity index (χ2n) is 8.03. The molecule has 158 valence electrons. The summed E-state index contributed by atoms with van der Waals surface area (Å²) >= 11 is 0. The van der Waals surface area contributed by atoms with E-state index in [1.165, 1.54) is 0 Å². The third-order valence-corrected chi connectivity index (χ3v) is 5.98. The summed E-state index contributed by atoms with van der Waals surface area (Å²) in [5, 5.41) is 5.37. The first-order valence-corrected chi connectivity index (χ1v) is 10.6. The lowest BCUT2D eigenvalue weighted by Crippen LogP contribution is -2.34. The number of amides is 2. The smallest absolute Gasteiger partial charge is 0.227 e. The Balaban J connectivity index is 1.30. The predicted octanol–water partition coefficient (Wildman–Crippen LogP) is 3.84. The number of benzene rings is 3. The van der Waals surface area contributed by atoms with Gasteiger partial charge in [-0.25, -0.2) is 0 Å². The van der Waals surface area contributed by atoms with Crippen LogP contribution in [0.5, 0.6) is 11.5 Å². The van der Waals surface area contributed by atoms with Crippen molar-refractivity contribution in [2.75, 3.05) is 24.7 Å². The van der Waals surface area contributed by atoms with Crippen LogP contribution in [-0.2, 0) is 9.59 Å². The van der Waals surface area contributed by atoms with Crippen LogP contribution in [0.3, 0.4) is 0 Å². The Hall–Kier alpha value is -3.54. The van der Waals surface area contributed by atoms with Gasteiger partial charge in [0, 0.05) is 24.7 Å². The van der Waals surface area contributed by atoms with Gasteiger partial charge in [0.25, 0.3) is 0 Å². The van der Waals surface area contributed by atoms with E-state index in [1.54, 1.807) is 4.90 Å². The zero-order chi connectivity index (χ0) is 21.4. The van der Waals surface area contributed by atoms with Gasteiger partial charge in [-0.1, -0.05) is 42.5 Å². The summed E-state index contributed by atoms with van der Waals surface area (Å²) in [4.78, 5) is 27.3. The molecule has 1 N–H and O–H groups in total. The Morgan fingerprint density at radius 2 is 1.81 bits per heavy atom. The summed E-state index contributed by atoms with van der Waals surface area (Å²) in [6.07, 6.45) is 0.197. The van der Waals surface area contributed by atoms with E-state index in [9.17, 15) is 9.59 Å². The molecule has 0 bridgehead atoms. The summed E-state index contributed by atoms with van der Waals surface area (Å²) < 4.78 is 11.2. The number of rotatable bonds is 4. The minimum absolute atomic E-state index is 0.0605. The van der Waals surface area contributed by atoms with Crippen LogP contribution in [0.15, 0.2) is 60.7 Å². The molecule has 0 saturated carbocycles. The maximum Gasteiger partial charge on any atom is 0.227 e. The third kappa shape index (κ3) is 3.69. The number of hydrogen-bond donors (Lipinski definition) is 1. The van der Waals surface area contributed by atoms with Gasteiger partial charge in [-0.2, -0.15) is 0 Å². The molecule has 2 atom stereocenters. The number of anilines is 1. The topological polar surface area (TPSA) is 67.9 Å². The SMILES string of the molecule is CC(NC(=O)C1CC(=O)N(c2ccc3c(c2)OCCO3)C1)c1cccc2ccccc12. The molecule has 3 aromatic rings. The molecule has 5 rings (SSSR count). The average Bonchev–Trinajstić information content (AvgIpc) is 3.20.